The minimum Gasteiger partial charge on any atom is -0.462 e. The molecule has 6 bridgehead atoms. The van der Waals surface area contributed by atoms with E-state index in [0.29, 0.717) is 12.8 Å². The normalized spacial score (nSPS) is 38.4. The first-order valence-electron chi connectivity index (χ1n) is 31.5. The van der Waals surface area contributed by atoms with Crippen LogP contribution in [0.4, 0.5) is 4.79 Å². The number of esters is 3. The van der Waals surface area contributed by atoms with E-state index in [1.807, 2.05) is 80.7 Å². The third-order valence-electron chi connectivity index (χ3n) is 16.7. The van der Waals surface area contributed by atoms with Crippen molar-refractivity contribution in [1.82, 2.24) is 5.32 Å². The number of cyclic esters (lactones) is 1. The third kappa shape index (κ3) is 23.7. The minimum atomic E-state index is -1.63. The molecule has 5 heterocycles. The van der Waals surface area contributed by atoms with E-state index in [4.69, 9.17) is 56.8 Å². The molecule has 4 fully saturated rings. The fraction of sp³-hybridized carbons (Fsp3) is 0.588. The first-order valence-corrected chi connectivity index (χ1v) is 32.9. The quantitative estimate of drug-likeness (QED) is 0.0505. The van der Waals surface area contributed by atoms with Crippen molar-refractivity contribution in [3.63, 3.8) is 0 Å². The molecule has 1 aromatic rings. The van der Waals surface area contributed by atoms with Crippen LogP contribution in [-0.2, 0) is 72.9 Å². The number of nitrogens with one attached hydrogen (secondary N) is 1. The number of hydrogen-bond donors (Lipinski definition) is 5. The molecule has 0 saturated carbocycles. The van der Waals surface area contributed by atoms with Gasteiger partial charge in [0, 0.05) is 51.0 Å². The number of carbonyl (C=O) groups excluding carboxylic acids is 4. The summed E-state index contributed by atoms with van der Waals surface area (Å²) in [6.45, 7) is 16.1. The van der Waals surface area contributed by atoms with Gasteiger partial charge in [0.05, 0.1) is 73.0 Å². The first-order chi connectivity index (χ1) is 43.7. The zero-order valence-corrected chi connectivity index (χ0v) is 55.5. The molecule has 0 spiro atoms. The van der Waals surface area contributed by atoms with Gasteiger partial charge in [-0.25, -0.2) is 9.59 Å². The van der Waals surface area contributed by atoms with Crippen LogP contribution in [0.3, 0.4) is 0 Å². The van der Waals surface area contributed by atoms with Crippen LogP contribution in [0.2, 0.25) is 0 Å². The van der Waals surface area contributed by atoms with E-state index in [9.17, 15) is 39.6 Å². The summed E-state index contributed by atoms with van der Waals surface area (Å²) in [5.74, 6) is -5.67. The number of aliphatic hydroxyl groups is 4. The predicted molar refractivity (Wildman–Crippen MR) is 347 cm³/mol. The smallest absolute Gasteiger partial charge is 0.407 e. The van der Waals surface area contributed by atoms with Crippen molar-refractivity contribution in [2.24, 2.45) is 17.8 Å². The van der Waals surface area contributed by atoms with E-state index in [0.717, 1.165) is 24.8 Å². The van der Waals surface area contributed by atoms with Gasteiger partial charge in [-0.05, 0) is 57.2 Å². The number of alkyl carbamates (subject to hydrolysis) is 1. The van der Waals surface area contributed by atoms with Crippen LogP contribution in [0.1, 0.15) is 115 Å². The van der Waals surface area contributed by atoms with Gasteiger partial charge in [0.1, 0.15) is 37.4 Å². The van der Waals surface area contributed by atoms with E-state index in [-0.39, 0.29) is 69.1 Å². The number of fused-ring (bicyclic) bond motifs is 6. The van der Waals surface area contributed by atoms with Crippen molar-refractivity contribution >= 4 is 42.5 Å². The van der Waals surface area contributed by atoms with E-state index in [2.05, 4.69) is 43.9 Å². The molecule has 5 aliphatic heterocycles. The van der Waals surface area contributed by atoms with Crippen LogP contribution >= 0.6 is 18.5 Å². The van der Waals surface area contributed by atoms with Gasteiger partial charge in [-0.1, -0.05) is 168 Å². The molecule has 1 amide bonds. The summed E-state index contributed by atoms with van der Waals surface area (Å²) < 4.78 is 73.7. The summed E-state index contributed by atoms with van der Waals surface area (Å²) in [6.07, 6.45) is 16.3. The van der Waals surface area contributed by atoms with Gasteiger partial charge in [-0.3, -0.25) is 9.59 Å². The fourth-order valence-corrected chi connectivity index (χ4v) is 12.4. The molecule has 21 nitrogen and oxygen atoms in total. The van der Waals surface area contributed by atoms with Crippen LogP contribution in [0, 0.1) is 17.8 Å². The van der Waals surface area contributed by atoms with Gasteiger partial charge in [-0.2, -0.15) is 0 Å². The van der Waals surface area contributed by atoms with Crippen molar-refractivity contribution in [3.8, 4) is 0 Å². The molecule has 91 heavy (non-hydrogen) atoms. The second-order valence-electron chi connectivity index (χ2n) is 23.6. The number of methoxy groups -OCH3 is 1. The second-order valence-corrected chi connectivity index (χ2v) is 24.7. The van der Waals surface area contributed by atoms with Crippen molar-refractivity contribution in [3.05, 3.63) is 146 Å². The lowest BCUT2D eigenvalue weighted by molar-refractivity contribution is -0.326. The Labute approximate surface area is 540 Å². The Bertz CT molecular complexity index is 2680. The van der Waals surface area contributed by atoms with E-state index in [1.165, 1.54) is 19.3 Å². The van der Waals surface area contributed by atoms with E-state index in [1.54, 1.807) is 56.4 Å². The molecule has 1 aromatic carbocycles. The number of carbonyl (C=O) groups is 4. The monoisotopic (exact) mass is 1310 g/mol. The number of rotatable bonds is 14. The summed E-state index contributed by atoms with van der Waals surface area (Å²) in [5.41, 5.74) is 1.21. The maximum Gasteiger partial charge on any atom is 0.407 e. The number of aryl methyl sites for hydroxylation is 1. The SMILES string of the molecule is C=CCOC(=O)N[C@H]1[C@H](O)[C@@H](C)O[C@@H](O[C@H]2/C=C/C=C/C=C/C=C/C=C/C=C/C=C/[C@H](C)[C@@H](O)[C@@H](C)[C@H](C)OC(=O)C[C@H]3C[C@@H](CC[C@@H](O)[C@H]4C[C@@H](C[C@]5(OC)C[C@H](O)[C@@H](C(=O)OCC=C)[C@H](C2)O5)OC(P)O4)OC(P)O3)[C@H]1OC(=O)c1ccc(CCCC)cc1. The van der Waals surface area contributed by atoms with Crippen LogP contribution in [0.5, 0.6) is 0 Å². The topological polar surface area (TPSA) is 272 Å². The lowest BCUT2D eigenvalue weighted by Crippen LogP contribution is -2.65. The number of allylic oxidation sites excluding steroid dienone is 12. The molecule has 0 aliphatic carbocycles. The zero-order valence-electron chi connectivity index (χ0n) is 53.2. The Morgan fingerprint density at radius 2 is 1.32 bits per heavy atom. The molecule has 4 unspecified atom stereocenters. The average molecular weight is 1310 g/mol. The summed E-state index contributed by atoms with van der Waals surface area (Å²) in [6, 6.07) is 3.97. The number of unbranched alkanes of at least 4 members (excludes halogenated alkanes) is 1. The Hall–Kier alpha value is -5.06. The van der Waals surface area contributed by atoms with Crippen LogP contribution in [0.15, 0.2) is 135 Å². The minimum absolute atomic E-state index is 0.0174. The molecule has 5 N–H and O–H groups in total. The highest BCUT2D eigenvalue weighted by molar-refractivity contribution is 7.17. The Morgan fingerprint density at radius 3 is 1.97 bits per heavy atom. The summed E-state index contributed by atoms with van der Waals surface area (Å²) in [4.78, 5) is 55.0. The van der Waals surface area contributed by atoms with Gasteiger partial charge >= 0.3 is 24.0 Å². The number of hydrogen-bond acceptors (Lipinski definition) is 20. The molecular formula is C68H97NO20P2. The molecule has 0 radical (unpaired) electrons. The summed E-state index contributed by atoms with van der Waals surface area (Å²) in [5, 5.41) is 49.6. The Balaban J connectivity index is 1.35. The molecule has 23 atom stereocenters. The van der Waals surface area contributed by atoms with Gasteiger partial charge in [0.15, 0.2) is 30.2 Å². The molecule has 6 rings (SSSR count). The Kier molecular flexibility index (Phi) is 31.6. The average Bonchev–Trinajstić information content (AvgIpc) is 0.871. The van der Waals surface area contributed by atoms with Crippen LogP contribution in [-0.4, -0.2) is 174 Å². The third-order valence-corrected chi connectivity index (χ3v) is 17.3. The highest BCUT2D eigenvalue weighted by atomic mass is 31.0. The van der Waals surface area contributed by atoms with Crippen molar-refractivity contribution in [1.29, 1.82) is 0 Å². The number of amides is 1. The largest absolute Gasteiger partial charge is 0.462 e. The number of aliphatic hydroxyl groups excluding tert-OH is 4. The molecule has 5 aliphatic rings. The standard InChI is InChI=1S/C68H97NO20P2/c1-9-12-26-46-28-30-47(31-29-46)62(75)88-61-58(69-65(77)80-35-11-3)60(74)45(7)82-64(61)83-48-27-24-22-20-18-16-14-13-15-17-19-21-23-25-42(4)59(73)43(5)44(6)81-56(72)39-50-36-49(84-66(90)85-50)32-33-52(70)54-38-51(86-67(91)87-54)40-68(78-8)41-53(71)57(55(37-48)89-68)63(76)79-34-10-2/h10-11,13-25,27-31,42-45,48-55,57-61,64,66-67,70-71,73-74H,2-3,9,12,26,32-41,90-91H2,1,4-8H3,(H,69,77)/b14-13+,17-15+,18-16+,21-19+,22-20+,25-23+,27-24+/t42-,43-,44-,45+,48-,49+,50+,51-,52+,53-,54+,55-,57+,58-,59+,60+,61-,64-,66?,67?,68+/m0/s1. The van der Waals surface area contributed by atoms with Gasteiger partial charge in [-0.15, -0.1) is 0 Å². The molecule has 4 saturated heterocycles. The van der Waals surface area contributed by atoms with Crippen molar-refractivity contribution in [2.75, 3.05) is 20.3 Å². The van der Waals surface area contributed by atoms with Gasteiger partial charge < -0.3 is 82.6 Å². The Morgan fingerprint density at radius 1 is 0.703 bits per heavy atom. The summed E-state index contributed by atoms with van der Waals surface area (Å²) >= 11 is 0. The molecular weight excluding hydrogens is 1210 g/mol. The first kappa shape index (κ1) is 75.0. The van der Waals surface area contributed by atoms with Crippen molar-refractivity contribution < 1.29 is 96.4 Å². The number of ether oxygens (including phenoxy) is 12. The summed E-state index contributed by atoms with van der Waals surface area (Å²) in [7, 11) is 6.38. The lowest BCUT2D eigenvalue weighted by Gasteiger charge is -2.48. The zero-order chi connectivity index (χ0) is 66.0. The van der Waals surface area contributed by atoms with E-state index < -0.39 is 139 Å². The molecule has 0 aromatic heterocycles. The molecule has 23 heteroatoms. The lowest BCUT2D eigenvalue weighted by atomic mass is 9.82. The number of benzene rings is 1. The highest BCUT2D eigenvalue weighted by Crippen LogP contribution is 2.43. The highest BCUT2D eigenvalue weighted by Gasteiger charge is 2.54. The van der Waals surface area contributed by atoms with Gasteiger partial charge in [0.25, 0.3) is 0 Å². The second kappa shape index (κ2) is 38.3. The van der Waals surface area contributed by atoms with Crippen LogP contribution in [0.25, 0.3) is 0 Å². The fourth-order valence-electron chi connectivity index (χ4n) is 11.5. The van der Waals surface area contributed by atoms with E-state index >= 15 is 0 Å². The van der Waals surface area contributed by atoms with Crippen molar-refractivity contribution in [2.45, 2.75) is 215 Å². The molecule has 504 valence electrons. The van der Waals surface area contributed by atoms with Crippen LogP contribution < -0.4 is 5.32 Å². The predicted octanol–water partition coefficient (Wildman–Crippen LogP) is 8.61. The maximum absolute atomic E-state index is 14.2. The van der Waals surface area contributed by atoms with Gasteiger partial charge in [0.2, 0.25) is 0 Å². The maximum atomic E-state index is 14.2.